The average molecular weight is 217 g/mol. The summed E-state index contributed by atoms with van der Waals surface area (Å²) in [6, 6.07) is 7.63. The lowest BCUT2D eigenvalue weighted by molar-refractivity contribution is 0.0696. The van der Waals surface area contributed by atoms with Gasteiger partial charge in [-0.25, -0.2) is 4.79 Å². The van der Waals surface area contributed by atoms with Crippen LogP contribution in [0.15, 0.2) is 34.9 Å². The van der Waals surface area contributed by atoms with Gasteiger partial charge in [-0.05, 0) is 12.1 Å². The molecule has 2 rings (SSSR count). The van der Waals surface area contributed by atoms with Gasteiger partial charge >= 0.3 is 5.97 Å². The fourth-order valence-electron chi connectivity index (χ4n) is 1.26. The molecule has 1 aromatic heterocycles. The third-order valence-corrected chi connectivity index (χ3v) is 2.07. The Morgan fingerprint density at radius 2 is 2.00 bits per heavy atom. The fraction of sp³-hybridized carbons (Fsp3) is 0. The van der Waals surface area contributed by atoms with E-state index in [1.807, 2.05) is 0 Å². The molecule has 0 aliphatic carbocycles. The van der Waals surface area contributed by atoms with E-state index >= 15 is 0 Å². The maximum atomic E-state index is 10.6. The molecule has 1 heterocycles. The summed E-state index contributed by atoms with van der Waals surface area (Å²) in [6.07, 6.45) is 0.558. The first-order valence-corrected chi connectivity index (χ1v) is 4.46. The molecule has 5 heteroatoms. The Kier molecular flexibility index (Phi) is 2.51. The fourth-order valence-corrected chi connectivity index (χ4v) is 1.26. The molecule has 0 aliphatic heterocycles. The normalized spacial score (nSPS) is 10.0. The number of rotatable bonds is 3. The molecule has 2 aromatic rings. The molecule has 0 bridgehead atoms. The highest BCUT2D eigenvalue weighted by Crippen LogP contribution is 2.18. The Balaban J connectivity index is 2.34. The number of carbonyl (C=O) groups is 2. The van der Waals surface area contributed by atoms with E-state index in [1.165, 1.54) is 18.2 Å². The number of aromatic nitrogens is 1. The van der Waals surface area contributed by atoms with Crippen LogP contribution in [0.2, 0.25) is 0 Å². The van der Waals surface area contributed by atoms with Gasteiger partial charge in [0.1, 0.15) is 5.69 Å². The molecule has 0 fully saturated rings. The number of carboxylic acids is 1. The zero-order valence-electron chi connectivity index (χ0n) is 8.08. The number of hydrogen-bond acceptors (Lipinski definition) is 4. The van der Waals surface area contributed by atoms with E-state index in [1.54, 1.807) is 12.1 Å². The molecular formula is C11H7NO4. The zero-order chi connectivity index (χ0) is 11.5. The maximum Gasteiger partial charge on any atom is 0.335 e. The van der Waals surface area contributed by atoms with Crippen LogP contribution in [-0.4, -0.2) is 22.5 Å². The van der Waals surface area contributed by atoms with Crippen LogP contribution in [0.4, 0.5) is 0 Å². The third-order valence-electron chi connectivity index (χ3n) is 2.07. The van der Waals surface area contributed by atoms with Crippen LogP contribution < -0.4 is 0 Å². The predicted molar refractivity (Wildman–Crippen MR) is 54.3 cm³/mol. The molecule has 1 aromatic carbocycles. The van der Waals surface area contributed by atoms with E-state index in [0.29, 0.717) is 17.5 Å². The van der Waals surface area contributed by atoms with Crippen molar-refractivity contribution >= 4 is 12.3 Å². The summed E-state index contributed by atoms with van der Waals surface area (Å²) in [6.45, 7) is 0. The monoisotopic (exact) mass is 217 g/mol. The van der Waals surface area contributed by atoms with Crippen molar-refractivity contribution in [2.24, 2.45) is 0 Å². The molecule has 0 unspecified atom stereocenters. The topological polar surface area (TPSA) is 80.4 Å². The highest BCUT2D eigenvalue weighted by molar-refractivity contribution is 5.88. The van der Waals surface area contributed by atoms with Gasteiger partial charge in [-0.1, -0.05) is 17.3 Å². The standard InChI is InChI=1S/C11H7NO4/c13-6-9-5-10(12-16-9)7-1-3-8(4-2-7)11(14)15/h1-6H,(H,14,15). The second-order valence-electron chi connectivity index (χ2n) is 3.11. The molecule has 0 spiro atoms. The molecule has 1 N–H and O–H groups in total. The number of aromatic carboxylic acids is 1. The lowest BCUT2D eigenvalue weighted by atomic mass is 10.1. The van der Waals surface area contributed by atoms with Crippen LogP contribution in [0.1, 0.15) is 20.9 Å². The Morgan fingerprint density at radius 1 is 1.31 bits per heavy atom. The number of hydrogen-bond donors (Lipinski definition) is 1. The van der Waals surface area contributed by atoms with E-state index in [9.17, 15) is 9.59 Å². The van der Waals surface area contributed by atoms with Crippen molar-refractivity contribution in [1.82, 2.24) is 5.16 Å². The van der Waals surface area contributed by atoms with E-state index in [2.05, 4.69) is 5.16 Å². The van der Waals surface area contributed by atoms with Crippen LogP contribution in [0, 0.1) is 0 Å². The molecule has 0 aliphatic rings. The Morgan fingerprint density at radius 3 is 2.50 bits per heavy atom. The molecule has 5 nitrogen and oxygen atoms in total. The molecule has 80 valence electrons. The lowest BCUT2D eigenvalue weighted by Crippen LogP contribution is -1.94. The van der Waals surface area contributed by atoms with Crippen LogP contribution in [0.5, 0.6) is 0 Å². The molecule has 0 amide bonds. The summed E-state index contributed by atoms with van der Waals surface area (Å²) in [5, 5.41) is 12.4. The van der Waals surface area contributed by atoms with Gasteiger partial charge in [0.25, 0.3) is 0 Å². The Bertz CT molecular complexity index is 527. The highest BCUT2D eigenvalue weighted by atomic mass is 16.5. The summed E-state index contributed by atoms with van der Waals surface area (Å²) < 4.78 is 4.71. The van der Waals surface area contributed by atoms with Crippen molar-refractivity contribution in [2.45, 2.75) is 0 Å². The number of aldehydes is 1. The van der Waals surface area contributed by atoms with Gasteiger partial charge in [0, 0.05) is 11.6 Å². The first kappa shape index (κ1) is 10.1. The SMILES string of the molecule is O=Cc1cc(-c2ccc(C(=O)O)cc2)no1. The maximum absolute atomic E-state index is 10.6. The third kappa shape index (κ3) is 1.83. The molecular weight excluding hydrogens is 210 g/mol. The molecule has 0 atom stereocenters. The number of benzene rings is 1. The van der Waals surface area contributed by atoms with Crippen molar-refractivity contribution < 1.29 is 19.2 Å². The number of nitrogens with zero attached hydrogens (tertiary/aromatic N) is 1. The van der Waals surface area contributed by atoms with Crippen LogP contribution in [0.3, 0.4) is 0 Å². The van der Waals surface area contributed by atoms with Gasteiger partial charge < -0.3 is 9.63 Å². The van der Waals surface area contributed by atoms with Crippen molar-refractivity contribution in [3.8, 4) is 11.3 Å². The summed E-state index contributed by atoms with van der Waals surface area (Å²) >= 11 is 0. The van der Waals surface area contributed by atoms with Crippen molar-refractivity contribution in [3.63, 3.8) is 0 Å². The van der Waals surface area contributed by atoms with E-state index < -0.39 is 5.97 Å². The average Bonchev–Trinajstić information content (AvgIpc) is 2.77. The number of carbonyl (C=O) groups excluding carboxylic acids is 1. The van der Waals surface area contributed by atoms with Crippen LogP contribution >= 0.6 is 0 Å². The molecule has 0 saturated carbocycles. The van der Waals surface area contributed by atoms with Gasteiger partial charge in [-0.2, -0.15) is 0 Å². The zero-order valence-corrected chi connectivity index (χ0v) is 8.08. The van der Waals surface area contributed by atoms with Gasteiger partial charge in [-0.3, -0.25) is 4.79 Å². The smallest absolute Gasteiger partial charge is 0.335 e. The Hall–Kier alpha value is -2.43. The van der Waals surface area contributed by atoms with Crippen molar-refractivity contribution in [2.75, 3.05) is 0 Å². The van der Waals surface area contributed by atoms with E-state index in [4.69, 9.17) is 9.63 Å². The predicted octanol–water partition coefficient (Wildman–Crippen LogP) is 1.85. The van der Waals surface area contributed by atoms with Crippen LogP contribution in [-0.2, 0) is 0 Å². The van der Waals surface area contributed by atoms with Crippen molar-refractivity contribution in [1.29, 1.82) is 0 Å². The number of carboxylic acid groups (broad SMARTS) is 1. The molecule has 16 heavy (non-hydrogen) atoms. The van der Waals surface area contributed by atoms with Gasteiger partial charge in [0.2, 0.25) is 0 Å². The quantitative estimate of drug-likeness (QED) is 0.793. The first-order chi connectivity index (χ1) is 7.70. The first-order valence-electron chi connectivity index (χ1n) is 4.46. The minimum absolute atomic E-state index is 0.136. The lowest BCUT2D eigenvalue weighted by Gasteiger charge is -1.96. The summed E-state index contributed by atoms with van der Waals surface area (Å²) in [5.41, 5.74) is 1.39. The van der Waals surface area contributed by atoms with E-state index in [-0.39, 0.29) is 11.3 Å². The van der Waals surface area contributed by atoms with E-state index in [0.717, 1.165) is 0 Å². The summed E-state index contributed by atoms with van der Waals surface area (Å²) in [4.78, 5) is 21.0. The minimum Gasteiger partial charge on any atom is -0.478 e. The second kappa shape index (κ2) is 3.98. The van der Waals surface area contributed by atoms with Gasteiger partial charge in [-0.15, -0.1) is 0 Å². The Labute approximate surface area is 90.3 Å². The van der Waals surface area contributed by atoms with Gasteiger partial charge in [0.15, 0.2) is 12.0 Å². The van der Waals surface area contributed by atoms with Crippen molar-refractivity contribution in [3.05, 3.63) is 41.7 Å². The second-order valence-corrected chi connectivity index (χ2v) is 3.11. The largest absolute Gasteiger partial charge is 0.478 e. The summed E-state index contributed by atoms with van der Waals surface area (Å²) in [5.74, 6) is -0.849. The molecule has 0 saturated heterocycles. The minimum atomic E-state index is -0.986. The van der Waals surface area contributed by atoms with Gasteiger partial charge in [0.05, 0.1) is 5.56 Å². The van der Waals surface area contributed by atoms with Crippen LogP contribution in [0.25, 0.3) is 11.3 Å². The highest BCUT2D eigenvalue weighted by Gasteiger charge is 2.07. The molecule has 0 radical (unpaired) electrons. The summed E-state index contributed by atoms with van der Waals surface area (Å²) in [7, 11) is 0.